The Bertz CT molecular complexity index is 420. The van der Waals surface area contributed by atoms with E-state index in [1.807, 2.05) is 0 Å². The molecule has 120 valence electrons. The number of hydrogen-bond acceptors (Lipinski definition) is 3. The van der Waals surface area contributed by atoms with Gasteiger partial charge in [0.15, 0.2) is 5.41 Å². The van der Waals surface area contributed by atoms with Crippen molar-refractivity contribution in [2.45, 2.75) is 44.4 Å². The van der Waals surface area contributed by atoms with Crippen LogP contribution in [0, 0.1) is 5.41 Å². The van der Waals surface area contributed by atoms with E-state index in [2.05, 4.69) is 0 Å². The first-order chi connectivity index (χ1) is 9.76. The van der Waals surface area contributed by atoms with Crippen LogP contribution in [0.25, 0.3) is 0 Å². The van der Waals surface area contributed by atoms with Gasteiger partial charge in [0.25, 0.3) is 0 Å². The second kappa shape index (κ2) is 5.82. The Balaban J connectivity index is 1.93. The molecule has 0 spiro atoms. The number of ether oxygens (including phenoxy) is 1. The third-order valence-corrected chi connectivity index (χ3v) is 4.32. The molecular weight excluding hydrogens is 291 g/mol. The first-order valence-electron chi connectivity index (χ1n) is 6.96. The Morgan fingerprint density at radius 2 is 1.90 bits per heavy atom. The van der Waals surface area contributed by atoms with Crippen LogP contribution >= 0.6 is 0 Å². The van der Waals surface area contributed by atoms with Gasteiger partial charge in [-0.25, -0.2) is 0 Å². The number of aliphatic carboxylic acids is 1. The van der Waals surface area contributed by atoms with Crippen molar-refractivity contribution >= 4 is 11.9 Å². The first kappa shape index (κ1) is 16.1. The van der Waals surface area contributed by atoms with Crippen LogP contribution < -0.4 is 0 Å². The summed E-state index contributed by atoms with van der Waals surface area (Å²) >= 11 is 0. The lowest BCUT2D eigenvalue weighted by molar-refractivity contribution is -0.227. The summed E-state index contributed by atoms with van der Waals surface area (Å²) in [4.78, 5) is 23.8. The van der Waals surface area contributed by atoms with Crippen LogP contribution in [-0.4, -0.2) is 53.9 Å². The average Bonchev–Trinajstić information content (AvgIpc) is 3.04. The topological polar surface area (TPSA) is 66.8 Å². The predicted octanol–water partition coefficient (Wildman–Crippen LogP) is 1.81. The maximum absolute atomic E-state index is 13.0. The molecule has 1 unspecified atom stereocenters. The minimum absolute atomic E-state index is 0.0107. The fraction of sp³-hybridized carbons (Fsp3) is 0.846. The molecule has 2 rings (SSSR count). The Hall–Kier alpha value is -1.31. The van der Waals surface area contributed by atoms with E-state index in [0.717, 1.165) is 30.6 Å². The molecule has 0 aromatic carbocycles. The number of amides is 1. The molecule has 1 saturated carbocycles. The van der Waals surface area contributed by atoms with Gasteiger partial charge in [0.1, 0.15) is 6.61 Å². The van der Waals surface area contributed by atoms with Crippen molar-refractivity contribution in [2.75, 3.05) is 19.7 Å². The van der Waals surface area contributed by atoms with E-state index >= 15 is 0 Å². The van der Waals surface area contributed by atoms with E-state index in [1.54, 1.807) is 0 Å². The van der Waals surface area contributed by atoms with Crippen molar-refractivity contribution in [1.82, 2.24) is 4.90 Å². The zero-order valence-corrected chi connectivity index (χ0v) is 11.5. The van der Waals surface area contributed by atoms with Crippen molar-refractivity contribution in [3.8, 4) is 0 Å². The molecule has 1 aliphatic carbocycles. The highest BCUT2D eigenvalue weighted by Gasteiger charge is 2.64. The Morgan fingerprint density at radius 1 is 1.29 bits per heavy atom. The minimum atomic E-state index is -4.87. The summed E-state index contributed by atoms with van der Waals surface area (Å²) in [7, 11) is 0. The molecule has 1 aliphatic heterocycles. The fourth-order valence-corrected chi connectivity index (χ4v) is 2.89. The number of likely N-dealkylation sites (tertiary alicyclic amines) is 1. The lowest BCUT2D eigenvalue weighted by Gasteiger charge is -2.27. The van der Waals surface area contributed by atoms with E-state index in [4.69, 9.17) is 9.84 Å². The molecule has 0 aromatic heterocycles. The molecular formula is C13H18F3NO4. The summed E-state index contributed by atoms with van der Waals surface area (Å²) in [5, 5.41) is 8.91. The van der Waals surface area contributed by atoms with Gasteiger partial charge in [0, 0.05) is 13.1 Å². The van der Waals surface area contributed by atoms with Crippen LogP contribution in [0.1, 0.15) is 32.1 Å². The maximum atomic E-state index is 13.0. The number of carboxylic acids is 1. The summed E-state index contributed by atoms with van der Waals surface area (Å²) in [5.74, 6) is -2.50. The van der Waals surface area contributed by atoms with Gasteiger partial charge < -0.3 is 14.7 Å². The molecule has 1 atom stereocenters. The highest BCUT2D eigenvalue weighted by Crippen LogP contribution is 2.45. The van der Waals surface area contributed by atoms with Crippen LogP contribution in [-0.2, 0) is 14.3 Å². The molecule has 0 radical (unpaired) electrons. The normalized spacial score (nSPS) is 27.3. The molecule has 0 aromatic rings. The van der Waals surface area contributed by atoms with Gasteiger partial charge in [-0.05, 0) is 19.3 Å². The Labute approximate surface area is 120 Å². The number of nitrogens with zero attached hydrogens (tertiary/aromatic N) is 1. The first-order valence-corrected chi connectivity index (χ1v) is 6.96. The smallest absolute Gasteiger partial charge is 0.406 e. The summed E-state index contributed by atoms with van der Waals surface area (Å²) in [6.45, 7) is -1.32. The van der Waals surface area contributed by atoms with Crippen molar-refractivity contribution in [1.29, 1.82) is 0 Å². The monoisotopic (exact) mass is 309 g/mol. The predicted molar refractivity (Wildman–Crippen MR) is 65.5 cm³/mol. The minimum Gasteiger partial charge on any atom is -0.481 e. The molecule has 1 heterocycles. The lowest BCUT2D eigenvalue weighted by atomic mass is 9.86. The lowest BCUT2D eigenvalue weighted by Crippen LogP contribution is -2.48. The van der Waals surface area contributed by atoms with Crippen LogP contribution in [0.4, 0.5) is 13.2 Å². The van der Waals surface area contributed by atoms with Gasteiger partial charge in [-0.15, -0.1) is 0 Å². The summed E-state index contributed by atoms with van der Waals surface area (Å²) < 4.78 is 44.3. The zero-order valence-electron chi connectivity index (χ0n) is 11.5. The number of carbonyl (C=O) groups is 2. The van der Waals surface area contributed by atoms with Gasteiger partial charge in [-0.3, -0.25) is 9.59 Å². The van der Waals surface area contributed by atoms with Crippen LogP contribution in [0.2, 0.25) is 0 Å². The number of halogens is 3. The molecule has 1 N–H and O–H groups in total. The molecule has 8 heteroatoms. The van der Waals surface area contributed by atoms with Crippen molar-refractivity contribution in [3.63, 3.8) is 0 Å². The molecule has 5 nitrogen and oxygen atoms in total. The number of carboxylic acid groups (broad SMARTS) is 1. The zero-order chi connectivity index (χ0) is 15.7. The van der Waals surface area contributed by atoms with E-state index in [1.165, 1.54) is 0 Å². The second-order valence-electron chi connectivity index (χ2n) is 5.67. The van der Waals surface area contributed by atoms with Gasteiger partial charge in [0.2, 0.25) is 5.91 Å². The SMILES string of the molecule is O=C(COC1CCCC1)N1CCC(C(=O)O)(C(F)(F)F)C1. The average molecular weight is 309 g/mol. The van der Waals surface area contributed by atoms with Gasteiger partial charge >= 0.3 is 12.1 Å². The van der Waals surface area contributed by atoms with E-state index in [0.29, 0.717) is 0 Å². The van der Waals surface area contributed by atoms with Crippen LogP contribution in [0.15, 0.2) is 0 Å². The third kappa shape index (κ3) is 3.14. The van der Waals surface area contributed by atoms with Crippen molar-refractivity contribution in [3.05, 3.63) is 0 Å². The van der Waals surface area contributed by atoms with Gasteiger partial charge in [-0.2, -0.15) is 13.2 Å². The molecule has 0 bridgehead atoms. The fourth-order valence-electron chi connectivity index (χ4n) is 2.89. The number of rotatable bonds is 4. The Kier molecular flexibility index (Phi) is 4.46. The largest absolute Gasteiger partial charge is 0.481 e. The summed E-state index contributed by atoms with van der Waals surface area (Å²) in [6, 6.07) is 0. The highest BCUT2D eigenvalue weighted by atomic mass is 19.4. The molecule has 1 saturated heterocycles. The molecule has 1 amide bonds. The molecule has 2 fully saturated rings. The molecule has 2 aliphatic rings. The third-order valence-electron chi connectivity index (χ3n) is 4.32. The second-order valence-corrected chi connectivity index (χ2v) is 5.67. The number of alkyl halides is 3. The van der Waals surface area contributed by atoms with Gasteiger partial charge in [0.05, 0.1) is 6.10 Å². The van der Waals surface area contributed by atoms with E-state index in [9.17, 15) is 22.8 Å². The van der Waals surface area contributed by atoms with Crippen molar-refractivity contribution < 1.29 is 32.6 Å². The molecule has 21 heavy (non-hydrogen) atoms. The summed E-state index contributed by atoms with van der Waals surface area (Å²) in [6.07, 6.45) is -1.73. The van der Waals surface area contributed by atoms with E-state index < -0.39 is 36.4 Å². The quantitative estimate of drug-likeness (QED) is 0.860. The Morgan fingerprint density at radius 3 is 2.38 bits per heavy atom. The van der Waals surface area contributed by atoms with E-state index in [-0.39, 0.29) is 19.3 Å². The number of carbonyl (C=O) groups excluding carboxylic acids is 1. The van der Waals surface area contributed by atoms with Crippen LogP contribution in [0.3, 0.4) is 0 Å². The summed E-state index contributed by atoms with van der Waals surface area (Å²) in [5.41, 5.74) is -2.85. The maximum Gasteiger partial charge on any atom is 0.406 e. The van der Waals surface area contributed by atoms with Gasteiger partial charge in [-0.1, -0.05) is 12.8 Å². The standard InChI is InChI=1S/C13H18F3NO4/c14-13(15,16)12(11(19)20)5-6-17(8-12)10(18)7-21-9-3-1-2-4-9/h9H,1-8H2,(H,19,20). The van der Waals surface area contributed by atoms with Crippen molar-refractivity contribution in [2.24, 2.45) is 5.41 Å². The highest BCUT2D eigenvalue weighted by molar-refractivity contribution is 5.82. The number of hydrogen-bond donors (Lipinski definition) is 1. The van der Waals surface area contributed by atoms with Crippen LogP contribution in [0.5, 0.6) is 0 Å².